The first-order valence-electron chi connectivity index (χ1n) is 12.9. The van der Waals surface area contributed by atoms with Gasteiger partial charge in [-0.25, -0.2) is 4.79 Å². The summed E-state index contributed by atoms with van der Waals surface area (Å²) in [4.78, 5) is 27.3. The molecule has 0 aliphatic heterocycles. The Balaban J connectivity index is 1.92. The predicted molar refractivity (Wildman–Crippen MR) is 161 cm³/mol. The molecule has 6 nitrogen and oxygen atoms in total. The molecular weight excluding hydrogens is 524 g/mol. The molecule has 0 aliphatic rings. The van der Waals surface area contributed by atoms with E-state index in [0.717, 1.165) is 21.6 Å². The third kappa shape index (κ3) is 7.73. The lowest BCUT2D eigenvalue weighted by Crippen LogP contribution is -2.07. The number of thiophene rings is 1. The zero-order valence-electron chi connectivity index (χ0n) is 24.1. The number of ether oxygens (including phenoxy) is 3. The van der Waals surface area contributed by atoms with E-state index in [1.165, 1.54) is 24.5 Å². The maximum Gasteiger partial charge on any atom is 0.353 e. The van der Waals surface area contributed by atoms with Gasteiger partial charge in [-0.3, -0.25) is 4.79 Å². The molecule has 0 atom stereocenters. The van der Waals surface area contributed by atoms with Crippen LogP contribution in [0.5, 0.6) is 23.0 Å². The number of esters is 1. The highest BCUT2D eigenvalue weighted by atomic mass is 32.1. The van der Waals surface area contributed by atoms with Crippen molar-refractivity contribution in [3.8, 4) is 23.0 Å². The topological polar surface area (TPSA) is 82.1 Å². The number of hydrogen-bond donors (Lipinski definition) is 1. The minimum absolute atomic E-state index is 0.0893. The van der Waals surface area contributed by atoms with Crippen LogP contribution in [0.4, 0.5) is 0 Å². The van der Waals surface area contributed by atoms with Gasteiger partial charge in [-0.05, 0) is 95.0 Å². The van der Waals surface area contributed by atoms with Crippen LogP contribution in [-0.2, 0) is 12.8 Å². The SMILES string of the molecule is COc1cc(/C=C/C(=O)c2cc(CC=C(C)C)c(OC)c(CC=C(C)C)c2O)ccc1OC(=O)c1ccc(C)s1. The summed E-state index contributed by atoms with van der Waals surface area (Å²) in [6.45, 7) is 9.90. The Hall–Kier alpha value is -4.10. The zero-order valence-corrected chi connectivity index (χ0v) is 24.9. The van der Waals surface area contributed by atoms with Gasteiger partial charge < -0.3 is 19.3 Å². The lowest BCUT2D eigenvalue weighted by Gasteiger charge is -2.17. The molecule has 0 spiro atoms. The summed E-state index contributed by atoms with van der Waals surface area (Å²) in [5.74, 6) is 0.325. The molecule has 1 aromatic heterocycles. The number of aromatic hydroxyl groups is 1. The summed E-state index contributed by atoms with van der Waals surface area (Å²) in [6.07, 6.45) is 8.10. The monoisotopic (exact) mass is 560 g/mol. The van der Waals surface area contributed by atoms with E-state index in [4.69, 9.17) is 14.2 Å². The molecule has 0 radical (unpaired) electrons. The van der Waals surface area contributed by atoms with Crippen molar-refractivity contribution in [1.82, 2.24) is 0 Å². The summed E-state index contributed by atoms with van der Waals surface area (Å²) in [5, 5.41) is 11.1. The molecule has 1 heterocycles. The van der Waals surface area contributed by atoms with Crippen molar-refractivity contribution in [2.45, 2.75) is 47.5 Å². The number of aryl methyl sites for hydroxylation is 1. The highest BCUT2D eigenvalue weighted by molar-refractivity contribution is 7.13. The molecule has 0 unspecified atom stereocenters. The standard InChI is InChI=1S/C33H36O6S/c1-20(2)8-13-24-19-26(31(35)25(32(24)38-7)14-9-21(3)4)27(34)15-11-23-12-16-28(29(18-23)37-6)39-33(36)30-17-10-22(5)40-30/h8-12,15-19,35H,13-14H2,1-7H3/b15-11+. The van der Waals surface area contributed by atoms with E-state index < -0.39 is 5.97 Å². The molecule has 1 N–H and O–H groups in total. The van der Waals surface area contributed by atoms with Crippen LogP contribution in [0.25, 0.3) is 6.08 Å². The van der Waals surface area contributed by atoms with Gasteiger partial charge in [0.25, 0.3) is 0 Å². The summed E-state index contributed by atoms with van der Waals surface area (Å²) in [6, 6.07) is 10.3. The third-order valence-electron chi connectivity index (χ3n) is 6.10. The Morgan fingerprint density at radius 3 is 2.20 bits per heavy atom. The van der Waals surface area contributed by atoms with Gasteiger partial charge in [-0.15, -0.1) is 11.3 Å². The predicted octanol–water partition coefficient (Wildman–Crippen LogP) is 7.91. The molecule has 0 fully saturated rings. The average molecular weight is 561 g/mol. The first-order chi connectivity index (χ1) is 19.0. The van der Waals surface area contributed by atoms with E-state index in [2.05, 4.69) is 6.08 Å². The van der Waals surface area contributed by atoms with Crippen LogP contribution in [0.1, 0.15) is 69.3 Å². The van der Waals surface area contributed by atoms with Gasteiger partial charge in [0.15, 0.2) is 17.3 Å². The van der Waals surface area contributed by atoms with Gasteiger partial charge in [0.2, 0.25) is 0 Å². The molecule has 2 aromatic carbocycles. The van der Waals surface area contributed by atoms with E-state index in [-0.39, 0.29) is 22.8 Å². The summed E-state index contributed by atoms with van der Waals surface area (Å²) < 4.78 is 16.6. The van der Waals surface area contributed by atoms with Crippen molar-refractivity contribution in [2.24, 2.45) is 0 Å². The van der Waals surface area contributed by atoms with Crippen molar-refractivity contribution in [3.05, 3.63) is 97.8 Å². The van der Waals surface area contributed by atoms with Crippen molar-refractivity contribution >= 4 is 29.2 Å². The molecule has 0 bridgehead atoms. The maximum absolute atomic E-state index is 13.3. The fourth-order valence-corrected chi connectivity index (χ4v) is 4.75. The van der Waals surface area contributed by atoms with Crippen LogP contribution in [0.3, 0.4) is 0 Å². The maximum atomic E-state index is 13.3. The molecule has 7 heteroatoms. The Bertz CT molecular complexity index is 1480. The molecule has 0 saturated carbocycles. The van der Waals surface area contributed by atoms with Crippen LogP contribution < -0.4 is 14.2 Å². The lowest BCUT2D eigenvalue weighted by molar-refractivity contribution is 0.0734. The number of methoxy groups -OCH3 is 2. The second kappa shape index (κ2) is 13.8. The number of phenolic OH excluding ortho intramolecular Hbond substituents is 1. The summed E-state index contributed by atoms with van der Waals surface area (Å²) in [7, 11) is 3.06. The summed E-state index contributed by atoms with van der Waals surface area (Å²) in [5.41, 5.74) is 4.51. The second-order valence-corrected chi connectivity index (χ2v) is 11.1. The number of carbonyl (C=O) groups excluding carboxylic acids is 2. The van der Waals surface area contributed by atoms with E-state index in [0.29, 0.717) is 40.3 Å². The highest BCUT2D eigenvalue weighted by Crippen LogP contribution is 2.37. The molecule has 0 amide bonds. The summed E-state index contributed by atoms with van der Waals surface area (Å²) >= 11 is 1.36. The van der Waals surface area contributed by atoms with Gasteiger partial charge in [-0.1, -0.05) is 35.4 Å². The minimum atomic E-state index is -0.460. The average Bonchev–Trinajstić information content (AvgIpc) is 3.36. The molecule has 0 saturated heterocycles. The second-order valence-electron chi connectivity index (χ2n) is 9.82. The first-order valence-corrected chi connectivity index (χ1v) is 13.7. The third-order valence-corrected chi connectivity index (χ3v) is 7.08. The van der Waals surface area contributed by atoms with Crippen LogP contribution >= 0.6 is 11.3 Å². The molecule has 210 valence electrons. The molecular formula is C33H36O6S. The van der Waals surface area contributed by atoms with Crippen molar-refractivity contribution < 1.29 is 28.9 Å². The van der Waals surface area contributed by atoms with E-state index in [9.17, 15) is 14.7 Å². The number of carbonyl (C=O) groups is 2. The van der Waals surface area contributed by atoms with Crippen LogP contribution in [0, 0.1) is 6.92 Å². The van der Waals surface area contributed by atoms with Crippen molar-refractivity contribution in [1.29, 1.82) is 0 Å². The fourth-order valence-electron chi connectivity index (χ4n) is 4.00. The molecule has 0 aliphatic carbocycles. The number of phenols is 1. The van der Waals surface area contributed by atoms with E-state index >= 15 is 0 Å². The van der Waals surface area contributed by atoms with Gasteiger partial charge >= 0.3 is 5.97 Å². The largest absolute Gasteiger partial charge is 0.507 e. The lowest BCUT2D eigenvalue weighted by atomic mass is 9.94. The van der Waals surface area contributed by atoms with E-state index in [1.807, 2.05) is 46.8 Å². The van der Waals surface area contributed by atoms with Crippen LogP contribution in [-0.4, -0.2) is 31.1 Å². The number of allylic oxidation sites excluding steroid dienone is 5. The zero-order chi connectivity index (χ0) is 29.4. The van der Waals surface area contributed by atoms with Crippen LogP contribution in [0.2, 0.25) is 0 Å². The quantitative estimate of drug-likeness (QED) is 0.0844. The Morgan fingerprint density at radius 2 is 1.60 bits per heavy atom. The molecule has 3 rings (SSSR count). The molecule has 3 aromatic rings. The Morgan fingerprint density at radius 1 is 0.900 bits per heavy atom. The number of ketones is 1. The molecule has 40 heavy (non-hydrogen) atoms. The van der Waals surface area contributed by atoms with Gasteiger partial charge in [0.05, 0.1) is 19.8 Å². The van der Waals surface area contributed by atoms with Crippen LogP contribution in [0.15, 0.2) is 65.8 Å². The van der Waals surface area contributed by atoms with Gasteiger partial charge in [0.1, 0.15) is 16.4 Å². The number of benzene rings is 2. The fraction of sp³-hybridized carbons (Fsp3) is 0.273. The Kier molecular flexibility index (Phi) is 10.5. The van der Waals surface area contributed by atoms with Gasteiger partial charge in [0, 0.05) is 10.4 Å². The number of hydrogen-bond acceptors (Lipinski definition) is 7. The van der Waals surface area contributed by atoms with Gasteiger partial charge in [-0.2, -0.15) is 0 Å². The van der Waals surface area contributed by atoms with Crippen molar-refractivity contribution in [2.75, 3.05) is 14.2 Å². The van der Waals surface area contributed by atoms with E-state index in [1.54, 1.807) is 43.5 Å². The smallest absolute Gasteiger partial charge is 0.353 e. The van der Waals surface area contributed by atoms with Crippen molar-refractivity contribution in [3.63, 3.8) is 0 Å². The normalized spacial score (nSPS) is 10.8. The minimum Gasteiger partial charge on any atom is -0.507 e. The Labute approximate surface area is 240 Å². The highest BCUT2D eigenvalue weighted by Gasteiger charge is 2.21. The first kappa shape index (κ1) is 30.4. The number of rotatable bonds is 11.